The fraction of sp³-hybridized carbons (Fsp3) is 0.556. The Morgan fingerprint density at radius 2 is 1.76 bits per heavy atom. The second-order valence-electron chi connectivity index (χ2n) is 9.68. The van der Waals surface area contributed by atoms with Crippen molar-refractivity contribution in [3.63, 3.8) is 0 Å². The fourth-order valence-corrected chi connectivity index (χ4v) is 4.24. The Kier molecular flexibility index (Phi) is 9.57. The van der Waals surface area contributed by atoms with Gasteiger partial charge in [-0.15, -0.1) is 5.92 Å². The van der Waals surface area contributed by atoms with Crippen LogP contribution < -0.4 is 5.32 Å². The Morgan fingerprint density at radius 3 is 2.32 bits per heavy atom. The maximum absolute atomic E-state index is 12.7. The maximum Gasteiger partial charge on any atom is 0.513 e. The van der Waals surface area contributed by atoms with Crippen molar-refractivity contribution in [2.75, 3.05) is 20.2 Å². The molecule has 0 radical (unpaired) electrons. The lowest BCUT2D eigenvalue weighted by molar-refractivity contribution is 0.0926. The van der Waals surface area contributed by atoms with Gasteiger partial charge < -0.3 is 24.8 Å². The van der Waals surface area contributed by atoms with Crippen LogP contribution in [0.3, 0.4) is 0 Å². The molecule has 2 rings (SSSR count). The number of rotatable bonds is 2. The Bertz CT molecular complexity index is 971. The van der Waals surface area contributed by atoms with Crippen LogP contribution in [0.2, 0.25) is 0 Å². The maximum atomic E-state index is 12.7. The number of ether oxygens (including phenoxy) is 2. The van der Waals surface area contributed by atoms with Crippen molar-refractivity contribution in [2.24, 2.45) is 0 Å². The molecule has 0 bridgehead atoms. The smallest absolute Gasteiger partial charge is 0.437 e. The van der Waals surface area contributed by atoms with E-state index in [0.29, 0.717) is 50.1 Å². The van der Waals surface area contributed by atoms with Gasteiger partial charge in [-0.2, -0.15) is 0 Å². The summed E-state index contributed by atoms with van der Waals surface area (Å²) in [5.41, 5.74) is 3.90. The van der Waals surface area contributed by atoms with E-state index in [2.05, 4.69) is 17.2 Å². The van der Waals surface area contributed by atoms with Crippen LogP contribution >= 0.6 is 0 Å². The molecule has 0 spiro atoms. The van der Waals surface area contributed by atoms with Crippen LogP contribution in [0.1, 0.15) is 75.6 Å². The molecule has 2 amide bonds. The van der Waals surface area contributed by atoms with Crippen LogP contribution in [0.25, 0.3) is 5.57 Å². The summed E-state index contributed by atoms with van der Waals surface area (Å²) in [5, 5.41) is 14.3. The van der Waals surface area contributed by atoms with Crippen molar-refractivity contribution in [1.29, 1.82) is 0 Å². The highest BCUT2D eigenvalue weighted by Crippen LogP contribution is 2.34. The van der Waals surface area contributed by atoms with Gasteiger partial charge in [0.1, 0.15) is 5.76 Å². The van der Waals surface area contributed by atoms with Crippen molar-refractivity contribution < 1.29 is 24.2 Å². The number of carbonyl (C=O) groups excluding carboxylic acids is 2. The van der Waals surface area contributed by atoms with Crippen LogP contribution in [0.15, 0.2) is 17.9 Å². The van der Waals surface area contributed by atoms with Crippen LogP contribution in [-0.4, -0.2) is 54.0 Å². The third-order valence-corrected chi connectivity index (χ3v) is 5.58. The van der Waals surface area contributed by atoms with Gasteiger partial charge in [0.15, 0.2) is 0 Å². The Hall–Kier alpha value is -2.98. The Morgan fingerprint density at radius 1 is 1.15 bits per heavy atom. The van der Waals surface area contributed by atoms with Crippen LogP contribution in [0, 0.1) is 25.7 Å². The van der Waals surface area contributed by atoms with E-state index in [1.165, 1.54) is 7.11 Å². The lowest BCUT2D eigenvalue weighted by atomic mass is 9.87. The van der Waals surface area contributed by atoms with Crippen molar-refractivity contribution in [3.05, 3.63) is 40.1 Å². The molecule has 1 aliphatic heterocycles. The quantitative estimate of drug-likeness (QED) is 0.473. The minimum atomic E-state index is -0.870. The number of nitrogens with zero attached hydrogens (tertiary/aromatic N) is 1. The van der Waals surface area contributed by atoms with Gasteiger partial charge in [0.25, 0.3) is 0 Å². The highest BCUT2D eigenvalue weighted by Gasteiger charge is 2.27. The number of aliphatic hydroxyl groups is 1. The lowest BCUT2D eigenvalue weighted by Crippen LogP contribution is -2.49. The lowest BCUT2D eigenvalue weighted by Gasteiger charge is -2.30. The average Bonchev–Trinajstić information content (AvgIpc) is 2.73. The number of benzene rings is 1. The summed E-state index contributed by atoms with van der Waals surface area (Å²) in [6, 6.07) is 3.82. The second kappa shape index (κ2) is 11.9. The molecule has 186 valence electrons. The first-order valence-electron chi connectivity index (χ1n) is 11.7. The number of hydrogen-bond acceptors (Lipinski definition) is 5. The molecule has 1 heterocycles. The molecule has 0 aliphatic carbocycles. The number of aliphatic hydroxyl groups excluding tert-OH is 1. The minimum Gasteiger partial charge on any atom is -0.437 e. The normalized spacial score (nSPS) is 19.5. The molecule has 0 saturated heterocycles. The van der Waals surface area contributed by atoms with Gasteiger partial charge in [-0.05, 0) is 89.6 Å². The molecule has 0 saturated carbocycles. The van der Waals surface area contributed by atoms with Crippen molar-refractivity contribution >= 4 is 17.8 Å². The first-order valence-corrected chi connectivity index (χ1v) is 11.7. The molecule has 1 aromatic rings. The molecule has 0 fully saturated rings. The highest BCUT2D eigenvalue weighted by atomic mass is 16.7. The SMILES string of the molecule is CC#Cc1cc(C)c(/C2=C(\OC(=O)OC)CCCN(C(=O)NC(C)(C)C)CCCC2O)c(C)c1. The van der Waals surface area contributed by atoms with E-state index < -0.39 is 12.3 Å². The summed E-state index contributed by atoms with van der Waals surface area (Å²) in [6.45, 7) is 12.6. The van der Waals surface area contributed by atoms with E-state index in [1.54, 1.807) is 11.8 Å². The Labute approximate surface area is 203 Å². The van der Waals surface area contributed by atoms with Crippen molar-refractivity contribution in [2.45, 2.75) is 78.9 Å². The van der Waals surface area contributed by atoms with Crippen molar-refractivity contribution in [3.8, 4) is 11.8 Å². The molecule has 2 N–H and O–H groups in total. The first-order chi connectivity index (χ1) is 16.0. The number of urea groups is 1. The third kappa shape index (κ3) is 7.53. The Balaban J connectivity index is 2.49. The molecule has 7 nitrogen and oxygen atoms in total. The molecule has 0 aromatic heterocycles. The number of carbonyl (C=O) groups is 2. The summed E-state index contributed by atoms with van der Waals surface area (Å²) in [7, 11) is 1.26. The van der Waals surface area contributed by atoms with Crippen LogP contribution in [-0.2, 0) is 9.47 Å². The number of aryl methyl sites for hydroxylation is 2. The van der Waals surface area contributed by atoms with E-state index >= 15 is 0 Å². The van der Waals surface area contributed by atoms with E-state index in [1.807, 2.05) is 46.8 Å². The summed E-state index contributed by atoms with van der Waals surface area (Å²) < 4.78 is 10.3. The van der Waals surface area contributed by atoms with E-state index in [4.69, 9.17) is 9.47 Å². The van der Waals surface area contributed by atoms with Crippen LogP contribution in [0.5, 0.6) is 0 Å². The molecular formula is C27H38N2O5. The van der Waals surface area contributed by atoms with Gasteiger partial charge in [-0.1, -0.05) is 5.92 Å². The fourth-order valence-electron chi connectivity index (χ4n) is 4.24. The van der Waals surface area contributed by atoms with Gasteiger partial charge in [0.2, 0.25) is 0 Å². The zero-order chi connectivity index (χ0) is 25.5. The summed E-state index contributed by atoms with van der Waals surface area (Å²) in [5.74, 6) is 6.37. The van der Waals surface area contributed by atoms with Gasteiger partial charge in [-0.3, -0.25) is 0 Å². The molecule has 1 aliphatic rings. The zero-order valence-corrected chi connectivity index (χ0v) is 21.5. The number of amides is 2. The summed E-state index contributed by atoms with van der Waals surface area (Å²) >= 11 is 0. The monoisotopic (exact) mass is 470 g/mol. The molecule has 1 unspecified atom stereocenters. The largest absolute Gasteiger partial charge is 0.513 e. The molecule has 7 heteroatoms. The molecule has 34 heavy (non-hydrogen) atoms. The zero-order valence-electron chi connectivity index (χ0n) is 21.5. The topological polar surface area (TPSA) is 88.1 Å². The highest BCUT2D eigenvalue weighted by molar-refractivity contribution is 5.78. The summed E-state index contributed by atoms with van der Waals surface area (Å²) in [4.78, 5) is 26.6. The number of nitrogens with one attached hydrogen (secondary N) is 1. The number of allylic oxidation sites excluding steroid dienone is 1. The van der Waals surface area contributed by atoms with E-state index in [0.717, 1.165) is 22.3 Å². The predicted octanol–water partition coefficient (Wildman–Crippen LogP) is 4.91. The molecule has 1 aromatic carbocycles. The van der Waals surface area contributed by atoms with Crippen LogP contribution in [0.4, 0.5) is 9.59 Å². The summed E-state index contributed by atoms with van der Waals surface area (Å²) in [6.07, 6.45) is 0.255. The predicted molar refractivity (Wildman–Crippen MR) is 133 cm³/mol. The van der Waals surface area contributed by atoms with E-state index in [9.17, 15) is 14.7 Å². The van der Waals surface area contributed by atoms with Gasteiger partial charge >= 0.3 is 12.2 Å². The first kappa shape index (κ1) is 27.3. The average molecular weight is 471 g/mol. The second-order valence-corrected chi connectivity index (χ2v) is 9.68. The third-order valence-electron chi connectivity index (χ3n) is 5.58. The minimum absolute atomic E-state index is 0.137. The van der Waals surface area contributed by atoms with Crippen molar-refractivity contribution in [1.82, 2.24) is 10.2 Å². The molecular weight excluding hydrogens is 432 g/mol. The van der Waals surface area contributed by atoms with Gasteiger partial charge in [-0.25, -0.2) is 9.59 Å². The number of methoxy groups -OCH3 is 1. The molecule has 1 atom stereocenters. The van der Waals surface area contributed by atoms with Gasteiger partial charge in [0, 0.05) is 36.2 Å². The van der Waals surface area contributed by atoms with E-state index in [-0.39, 0.29) is 11.6 Å². The van der Waals surface area contributed by atoms with Gasteiger partial charge in [0.05, 0.1) is 13.2 Å². The standard InChI is InChI=1S/C27H38N2O5/c1-8-11-20-16-18(2)23(19(3)17-20)24-21(30)12-9-14-29(25(31)28-27(4,5)6)15-10-13-22(24)34-26(32)33-7/h16-17,21,30H,9-10,12-15H2,1-7H3,(H,28,31)/b24-22-. The number of hydrogen-bond donors (Lipinski definition) is 2.